The minimum absolute atomic E-state index is 0.167. The largest absolute Gasteiger partial charge is 0.198 e. The van der Waals surface area contributed by atoms with Crippen molar-refractivity contribution in [3.63, 3.8) is 0 Å². The van der Waals surface area contributed by atoms with Gasteiger partial charge in [-0.15, -0.1) is 0 Å². The van der Waals surface area contributed by atoms with Gasteiger partial charge in [0.25, 0.3) is 0 Å². The molecule has 0 amide bonds. The zero-order chi connectivity index (χ0) is 12.4. The molecule has 0 aromatic rings. The molecule has 0 fully saturated rings. The molecule has 0 aromatic heterocycles. The number of nitriles is 4. The highest BCUT2D eigenvalue weighted by Gasteiger charge is 2.18. The maximum atomic E-state index is 8.91. The molecule has 82 valence electrons. The lowest BCUT2D eigenvalue weighted by Crippen LogP contribution is -2.09. The Labute approximate surface area is 96.3 Å². The van der Waals surface area contributed by atoms with Crippen molar-refractivity contribution in [1.29, 1.82) is 21.0 Å². The van der Waals surface area contributed by atoms with Crippen LogP contribution in [0.4, 0.5) is 0 Å². The highest BCUT2D eigenvalue weighted by Crippen LogP contribution is 2.22. The minimum Gasteiger partial charge on any atom is -0.198 e. The normalized spacial score (nSPS) is 14.6. The van der Waals surface area contributed by atoms with E-state index in [-0.39, 0.29) is 17.8 Å². The monoisotopic (exact) mass is 214 g/mol. The molecule has 3 unspecified atom stereocenters. The van der Waals surface area contributed by atoms with Crippen LogP contribution >= 0.6 is 0 Å². The van der Waals surface area contributed by atoms with E-state index in [0.717, 1.165) is 0 Å². The zero-order valence-corrected chi connectivity index (χ0v) is 9.35. The third-order valence-electron chi connectivity index (χ3n) is 2.40. The van der Waals surface area contributed by atoms with Gasteiger partial charge in [0, 0.05) is 24.2 Å². The standard InChI is InChI=1S/C12H14N4/c1-10(7-14)5-12(9-16)6-11(8-15)3-2-4-13/h10-12H,2-3,5-6H2,1H3. The van der Waals surface area contributed by atoms with Crippen molar-refractivity contribution in [2.24, 2.45) is 17.8 Å². The van der Waals surface area contributed by atoms with Crippen molar-refractivity contribution in [3.05, 3.63) is 0 Å². The maximum absolute atomic E-state index is 8.91. The molecule has 0 aliphatic carbocycles. The summed E-state index contributed by atoms with van der Waals surface area (Å²) >= 11 is 0. The fourth-order valence-electron chi connectivity index (χ4n) is 1.50. The second-order valence-corrected chi connectivity index (χ2v) is 3.85. The molecule has 0 rings (SSSR count). The first-order valence-electron chi connectivity index (χ1n) is 5.23. The Balaban J connectivity index is 4.22. The molecule has 0 radical (unpaired) electrons. The van der Waals surface area contributed by atoms with Gasteiger partial charge in [-0.1, -0.05) is 0 Å². The molecule has 0 N–H and O–H groups in total. The molecule has 3 atom stereocenters. The van der Waals surface area contributed by atoms with Crippen molar-refractivity contribution >= 4 is 0 Å². The summed E-state index contributed by atoms with van der Waals surface area (Å²) in [5.74, 6) is -0.687. The summed E-state index contributed by atoms with van der Waals surface area (Å²) in [5.41, 5.74) is 0. The van der Waals surface area contributed by atoms with Crippen LogP contribution in [0.2, 0.25) is 0 Å². The van der Waals surface area contributed by atoms with Gasteiger partial charge >= 0.3 is 0 Å². The van der Waals surface area contributed by atoms with Crippen LogP contribution in [-0.4, -0.2) is 0 Å². The molecule has 0 saturated carbocycles. The molecule has 0 spiro atoms. The molecule has 0 bridgehead atoms. The van der Waals surface area contributed by atoms with Crippen LogP contribution in [0.1, 0.15) is 32.6 Å². The van der Waals surface area contributed by atoms with E-state index >= 15 is 0 Å². The molecule has 16 heavy (non-hydrogen) atoms. The summed E-state index contributed by atoms with van der Waals surface area (Å²) in [4.78, 5) is 0. The van der Waals surface area contributed by atoms with E-state index in [1.54, 1.807) is 6.92 Å². The predicted molar refractivity (Wildman–Crippen MR) is 57.1 cm³/mol. The molecule has 0 heterocycles. The molecular weight excluding hydrogens is 200 g/mol. The van der Waals surface area contributed by atoms with Crippen LogP contribution in [0, 0.1) is 63.1 Å². The van der Waals surface area contributed by atoms with E-state index < -0.39 is 0 Å². The summed E-state index contributed by atoms with van der Waals surface area (Å²) in [5, 5.41) is 34.8. The minimum atomic E-state index is -0.266. The molecule has 0 saturated heterocycles. The second kappa shape index (κ2) is 8.28. The second-order valence-electron chi connectivity index (χ2n) is 3.85. The van der Waals surface area contributed by atoms with Crippen LogP contribution in [0.3, 0.4) is 0 Å². The first-order chi connectivity index (χ1) is 7.67. The third-order valence-corrected chi connectivity index (χ3v) is 2.40. The van der Waals surface area contributed by atoms with Gasteiger partial charge in [-0.25, -0.2) is 0 Å². The Morgan fingerprint density at radius 2 is 1.50 bits per heavy atom. The maximum Gasteiger partial charge on any atom is 0.0656 e. The predicted octanol–water partition coefficient (Wildman–Crippen LogP) is 2.51. The van der Waals surface area contributed by atoms with E-state index in [9.17, 15) is 0 Å². The van der Waals surface area contributed by atoms with E-state index in [1.807, 2.05) is 6.07 Å². The zero-order valence-electron chi connectivity index (χ0n) is 9.35. The molecule has 4 heteroatoms. The van der Waals surface area contributed by atoms with Gasteiger partial charge in [-0.05, 0) is 26.2 Å². The van der Waals surface area contributed by atoms with Crippen molar-refractivity contribution < 1.29 is 0 Å². The molecule has 0 aliphatic rings. The Bertz CT molecular complexity index is 360. The topological polar surface area (TPSA) is 95.2 Å². The number of rotatable bonds is 6. The average molecular weight is 214 g/mol. The average Bonchev–Trinajstić information content (AvgIpc) is 2.32. The first-order valence-corrected chi connectivity index (χ1v) is 5.23. The van der Waals surface area contributed by atoms with Gasteiger partial charge < -0.3 is 0 Å². The first kappa shape index (κ1) is 14.0. The number of hydrogen-bond donors (Lipinski definition) is 0. The summed E-state index contributed by atoms with van der Waals surface area (Å²) in [7, 11) is 0. The van der Waals surface area contributed by atoms with Crippen LogP contribution in [0.15, 0.2) is 0 Å². The Kier molecular flexibility index (Phi) is 7.23. The van der Waals surface area contributed by atoms with E-state index in [0.29, 0.717) is 25.7 Å². The third kappa shape index (κ3) is 5.64. The van der Waals surface area contributed by atoms with Crippen LogP contribution in [0.25, 0.3) is 0 Å². The highest BCUT2D eigenvalue weighted by atomic mass is 14.3. The molecule has 4 nitrogen and oxygen atoms in total. The van der Waals surface area contributed by atoms with Crippen LogP contribution in [-0.2, 0) is 0 Å². The molecular formula is C12H14N4. The summed E-state index contributed by atoms with van der Waals surface area (Å²) in [6.07, 6.45) is 1.80. The number of nitrogens with zero attached hydrogens (tertiary/aromatic N) is 4. The van der Waals surface area contributed by atoms with E-state index in [1.165, 1.54) is 0 Å². The lowest BCUT2D eigenvalue weighted by Gasteiger charge is -2.13. The van der Waals surface area contributed by atoms with Gasteiger partial charge in [0.1, 0.15) is 0 Å². The lowest BCUT2D eigenvalue weighted by atomic mass is 9.87. The van der Waals surface area contributed by atoms with Gasteiger partial charge in [-0.2, -0.15) is 21.0 Å². The smallest absolute Gasteiger partial charge is 0.0656 e. The van der Waals surface area contributed by atoms with E-state index in [2.05, 4.69) is 18.2 Å². The Hall–Kier alpha value is -2.04. The summed E-state index contributed by atoms with van der Waals surface area (Å²) in [6, 6.07) is 8.30. The summed E-state index contributed by atoms with van der Waals surface area (Å²) < 4.78 is 0. The Morgan fingerprint density at radius 1 is 0.875 bits per heavy atom. The molecule has 0 aromatic carbocycles. The van der Waals surface area contributed by atoms with Crippen LogP contribution < -0.4 is 0 Å². The fourth-order valence-corrected chi connectivity index (χ4v) is 1.50. The highest BCUT2D eigenvalue weighted by molar-refractivity contribution is 4.95. The van der Waals surface area contributed by atoms with Gasteiger partial charge in [0.2, 0.25) is 0 Å². The fraction of sp³-hybridized carbons (Fsp3) is 0.667. The van der Waals surface area contributed by atoms with Crippen molar-refractivity contribution in [3.8, 4) is 24.3 Å². The van der Waals surface area contributed by atoms with Gasteiger partial charge in [-0.3, -0.25) is 0 Å². The van der Waals surface area contributed by atoms with Crippen molar-refractivity contribution in [1.82, 2.24) is 0 Å². The Morgan fingerprint density at radius 3 is 1.94 bits per heavy atom. The number of hydrogen-bond acceptors (Lipinski definition) is 4. The lowest BCUT2D eigenvalue weighted by molar-refractivity contribution is 0.426. The van der Waals surface area contributed by atoms with E-state index in [4.69, 9.17) is 21.0 Å². The van der Waals surface area contributed by atoms with Crippen LogP contribution in [0.5, 0.6) is 0 Å². The van der Waals surface area contributed by atoms with Gasteiger partial charge in [0.15, 0.2) is 0 Å². The van der Waals surface area contributed by atoms with Gasteiger partial charge in [0.05, 0.1) is 24.3 Å². The summed E-state index contributed by atoms with van der Waals surface area (Å²) in [6.45, 7) is 1.76. The van der Waals surface area contributed by atoms with Crippen molar-refractivity contribution in [2.45, 2.75) is 32.6 Å². The van der Waals surface area contributed by atoms with Crippen molar-refractivity contribution in [2.75, 3.05) is 0 Å². The quantitative estimate of drug-likeness (QED) is 0.678. The molecule has 0 aliphatic heterocycles. The SMILES string of the molecule is CC(C#N)CC(C#N)CC(C#N)CCC#N.